The number of rotatable bonds is 3. The molecule has 20 heavy (non-hydrogen) atoms. The predicted octanol–water partition coefficient (Wildman–Crippen LogP) is 2.87. The summed E-state index contributed by atoms with van der Waals surface area (Å²) in [6, 6.07) is 3.43. The second-order valence-corrected chi connectivity index (χ2v) is 4.46. The minimum atomic E-state index is -4.56. The van der Waals surface area contributed by atoms with Crippen LogP contribution in [0, 0.1) is 0 Å². The van der Waals surface area contributed by atoms with Crippen molar-refractivity contribution in [2.45, 2.75) is 6.18 Å². The van der Waals surface area contributed by atoms with Gasteiger partial charge in [-0.3, -0.25) is 4.68 Å². The maximum absolute atomic E-state index is 12.9. The largest absolute Gasteiger partial charge is 0.454 e. The first-order valence-electron chi connectivity index (χ1n) is 5.45. The van der Waals surface area contributed by atoms with Gasteiger partial charge < -0.3 is 10.5 Å². The lowest BCUT2D eigenvalue weighted by atomic mass is 10.1. The summed E-state index contributed by atoms with van der Waals surface area (Å²) in [6.07, 6.45) is -1.63. The van der Waals surface area contributed by atoms with E-state index in [2.05, 4.69) is 17.3 Å². The van der Waals surface area contributed by atoms with Crippen LogP contribution < -0.4 is 10.5 Å². The first-order valence-corrected chi connectivity index (χ1v) is 5.86. The summed E-state index contributed by atoms with van der Waals surface area (Å²) in [6.45, 7) is 0. The molecule has 0 aliphatic carbocycles. The van der Waals surface area contributed by atoms with Crippen molar-refractivity contribution in [1.29, 1.82) is 0 Å². The molecule has 0 saturated heterocycles. The van der Waals surface area contributed by atoms with E-state index in [1.807, 2.05) is 0 Å². The molecule has 4 nitrogen and oxygen atoms in total. The van der Waals surface area contributed by atoms with Crippen LogP contribution in [0.5, 0.6) is 11.5 Å². The molecule has 2 rings (SSSR count). The van der Waals surface area contributed by atoms with Gasteiger partial charge in [0.1, 0.15) is 10.7 Å². The average Bonchev–Trinajstić information content (AvgIpc) is 2.73. The number of halogens is 3. The number of aromatic nitrogens is 2. The zero-order valence-corrected chi connectivity index (χ0v) is 11.1. The first kappa shape index (κ1) is 14.3. The van der Waals surface area contributed by atoms with Crippen LogP contribution >= 0.6 is 12.2 Å². The molecule has 0 unspecified atom stereocenters. The lowest BCUT2D eigenvalue weighted by molar-refractivity contribution is -0.137. The van der Waals surface area contributed by atoms with Crippen molar-refractivity contribution < 1.29 is 17.9 Å². The molecular formula is C12H10F3N3OS. The Morgan fingerprint density at radius 2 is 2.05 bits per heavy atom. The van der Waals surface area contributed by atoms with Gasteiger partial charge in [-0.15, -0.1) is 0 Å². The van der Waals surface area contributed by atoms with Gasteiger partial charge in [0.15, 0.2) is 5.75 Å². The van der Waals surface area contributed by atoms with Gasteiger partial charge in [-0.2, -0.15) is 18.3 Å². The van der Waals surface area contributed by atoms with Crippen molar-refractivity contribution in [2.75, 3.05) is 0 Å². The van der Waals surface area contributed by atoms with E-state index in [1.165, 1.54) is 29.2 Å². The van der Waals surface area contributed by atoms with E-state index in [0.29, 0.717) is 5.75 Å². The fourth-order valence-electron chi connectivity index (χ4n) is 1.62. The lowest BCUT2D eigenvalue weighted by Gasteiger charge is -2.13. The highest BCUT2D eigenvalue weighted by Gasteiger charge is 2.34. The summed E-state index contributed by atoms with van der Waals surface area (Å²) >= 11 is 4.62. The molecule has 1 aromatic heterocycles. The number of thiocarbonyl (C=S) groups is 1. The van der Waals surface area contributed by atoms with E-state index < -0.39 is 11.7 Å². The van der Waals surface area contributed by atoms with E-state index >= 15 is 0 Å². The number of hydrogen-bond acceptors (Lipinski definition) is 3. The van der Waals surface area contributed by atoms with E-state index in [1.54, 1.807) is 7.05 Å². The highest BCUT2D eigenvalue weighted by atomic mass is 32.1. The van der Waals surface area contributed by atoms with Crippen molar-refractivity contribution in [1.82, 2.24) is 9.78 Å². The highest BCUT2D eigenvalue weighted by Crippen LogP contribution is 2.35. The maximum Gasteiger partial charge on any atom is 0.417 e. The number of nitrogens with zero attached hydrogens (tertiary/aromatic N) is 2. The van der Waals surface area contributed by atoms with Crippen molar-refractivity contribution in [2.24, 2.45) is 12.8 Å². The quantitative estimate of drug-likeness (QED) is 0.886. The van der Waals surface area contributed by atoms with Crippen LogP contribution in [0.4, 0.5) is 13.2 Å². The van der Waals surface area contributed by atoms with E-state index in [0.717, 1.165) is 6.07 Å². The van der Waals surface area contributed by atoms with Crippen LogP contribution in [0.25, 0.3) is 0 Å². The normalized spacial score (nSPS) is 11.4. The number of aryl methyl sites for hydroxylation is 1. The molecule has 0 atom stereocenters. The SMILES string of the molecule is Cn1cc(Oc2ccc(C(N)=S)c(C(F)(F)F)c2)cn1. The molecule has 0 spiro atoms. The van der Waals surface area contributed by atoms with Gasteiger partial charge in [0.25, 0.3) is 0 Å². The van der Waals surface area contributed by atoms with Crippen LogP contribution in [0.15, 0.2) is 30.6 Å². The molecule has 0 fully saturated rings. The molecule has 106 valence electrons. The van der Waals surface area contributed by atoms with Gasteiger partial charge in [-0.1, -0.05) is 12.2 Å². The molecule has 0 aliphatic rings. The standard InChI is InChI=1S/C12H10F3N3OS/c1-18-6-8(5-17-18)19-7-2-3-9(11(16)20)10(4-7)12(13,14)15/h2-6H,1H3,(H2,16,20). The van der Waals surface area contributed by atoms with Crippen LogP contribution in [0.2, 0.25) is 0 Å². The fraction of sp³-hybridized carbons (Fsp3) is 0.167. The summed E-state index contributed by atoms with van der Waals surface area (Å²) in [5.41, 5.74) is 4.14. The molecule has 1 aromatic carbocycles. The Morgan fingerprint density at radius 1 is 1.35 bits per heavy atom. The number of nitrogens with two attached hydrogens (primary N) is 1. The van der Waals surface area contributed by atoms with Crippen LogP contribution in [0.3, 0.4) is 0 Å². The number of benzene rings is 1. The molecule has 0 amide bonds. The highest BCUT2D eigenvalue weighted by molar-refractivity contribution is 7.80. The second kappa shape index (κ2) is 5.12. The summed E-state index contributed by atoms with van der Waals surface area (Å²) < 4.78 is 45.6. The van der Waals surface area contributed by atoms with Crippen LogP contribution in [0.1, 0.15) is 11.1 Å². The van der Waals surface area contributed by atoms with Gasteiger partial charge in [0.05, 0.1) is 18.0 Å². The Balaban J connectivity index is 2.39. The Hall–Kier alpha value is -2.09. The summed E-state index contributed by atoms with van der Waals surface area (Å²) in [5, 5.41) is 3.86. The molecule has 0 radical (unpaired) electrons. The van der Waals surface area contributed by atoms with Crippen molar-refractivity contribution in [3.63, 3.8) is 0 Å². The first-order chi connectivity index (χ1) is 9.27. The van der Waals surface area contributed by atoms with Gasteiger partial charge in [0.2, 0.25) is 0 Å². The average molecular weight is 301 g/mol. The summed E-state index contributed by atoms with van der Waals surface area (Å²) in [4.78, 5) is -0.315. The lowest BCUT2D eigenvalue weighted by Crippen LogP contribution is -2.17. The number of ether oxygens (including phenoxy) is 1. The van der Waals surface area contributed by atoms with Gasteiger partial charge in [0, 0.05) is 12.6 Å². The van der Waals surface area contributed by atoms with Crippen molar-refractivity contribution in [3.8, 4) is 11.5 Å². The number of alkyl halides is 3. The predicted molar refractivity (Wildman–Crippen MR) is 70.6 cm³/mol. The zero-order chi connectivity index (χ0) is 14.9. The molecule has 0 aliphatic heterocycles. The molecule has 2 N–H and O–H groups in total. The van der Waals surface area contributed by atoms with Crippen LogP contribution in [-0.4, -0.2) is 14.8 Å². The molecule has 1 heterocycles. The Labute approximate surface area is 117 Å². The van der Waals surface area contributed by atoms with E-state index in [9.17, 15) is 13.2 Å². The topological polar surface area (TPSA) is 53.1 Å². The van der Waals surface area contributed by atoms with Crippen molar-refractivity contribution >= 4 is 17.2 Å². The Kier molecular flexibility index (Phi) is 3.67. The molecular weight excluding hydrogens is 291 g/mol. The third-order valence-corrected chi connectivity index (χ3v) is 2.70. The van der Waals surface area contributed by atoms with E-state index in [4.69, 9.17) is 10.5 Å². The third kappa shape index (κ3) is 3.08. The fourth-order valence-corrected chi connectivity index (χ4v) is 1.80. The van der Waals surface area contributed by atoms with E-state index in [-0.39, 0.29) is 16.3 Å². The van der Waals surface area contributed by atoms with Crippen LogP contribution in [-0.2, 0) is 13.2 Å². The Bertz CT molecular complexity index is 652. The monoisotopic (exact) mass is 301 g/mol. The summed E-state index contributed by atoms with van der Waals surface area (Å²) in [5.74, 6) is 0.369. The molecule has 0 bridgehead atoms. The minimum Gasteiger partial charge on any atom is -0.454 e. The summed E-state index contributed by atoms with van der Waals surface area (Å²) in [7, 11) is 1.67. The zero-order valence-electron chi connectivity index (χ0n) is 10.3. The maximum atomic E-state index is 12.9. The molecule has 2 aromatic rings. The third-order valence-electron chi connectivity index (χ3n) is 2.48. The van der Waals surface area contributed by atoms with Crippen molar-refractivity contribution in [3.05, 3.63) is 41.7 Å². The smallest absolute Gasteiger partial charge is 0.417 e. The minimum absolute atomic E-state index is 0.0327. The molecule has 0 saturated carbocycles. The van der Waals surface area contributed by atoms with Gasteiger partial charge >= 0.3 is 6.18 Å². The molecule has 8 heteroatoms. The second-order valence-electron chi connectivity index (χ2n) is 4.02. The Morgan fingerprint density at radius 3 is 2.55 bits per heavy atom. The number of hydrogen-bond donors (Lipinski definition) is 1. The van der Waals surface area contributed by atoms with Gasteiger partial charge in [-0.25, -0.2) is 0 Å². The van der Waals surface area contributed by atoms with Gasteiger partial charge in [-0.05, 0) is 18.2 Å².